The van der Waals surface area contributed by atoms with Gasteiger partial charge in [0.1, 0.15) is 0 Å². The molecule has 1 rings (SSSR count). The molecule has 0 aliphatic heterocycles. The summed E-state index contributed by atoms with van der Waals surface area (Å²) in [4.78, 5) is 0.215. The molecule has 0 aliphatic carbocycles. The van der Waals surface area contributed by atoms with Crippen molar-refractivity contribution in [2.75, 3.05) is 33.5 Å². The normalized spacial score (nSPS) is 11.7. The number of ether oxygens (including phenoxy) is 2. The third-order valence-corrected chi connectivity index (χ3v) is 3.87. The van der Waals surface area contributed by atoms with Crippen LogP contribution in [0.5, 0.6) is 0 Å². The fraction of sp³-hybridized carbons (Fsp3) is 0.500. The third kappa shape index (κ3) is 5.66. The highest BCUT2D eigenvalue weighted by Gasteiger charge is 2.13. The van der Waals surface area contributed by atoms with Gasteiger partial charge in [-0.05, 0) is 17.7 Å². The van der Waals surface area contributed by atoms with Crippen LogP contribution in [-0.4, -0.2) is 41.9 Å². The van der Waals surface area contributed by atoms with Gasteiger partial charge >= 0.3 is 0 Å². The highest BCUT2D eigenvalue weighted by molar-refractivity contribution is 7.89. The van der Waals surface area contributed by atoms with E-state index >= 15 is 0 Å². The molecule has 7 heteroatoms. The second-order valence-corrected chi connectivity index (χ2v) is 5.62. The Kier molecular flexibility index (Phi) is 6.96. The molecule has 0 unspecified atom stereocenters. The van der Waals surface area contributed by atoms with Gasteiger partial charge in [-0.15, -0.1) is 0 Å². The Balaban J connectivity index is 2.46. The van der Waals surface area contributed by atoms with Gasteiger partial charge in [-0.3, -0.25) is 0 Å². The molecular formula is C12H20N2O4S. The van der Waals surface area contributed by atoms with Crippen molar-refractivity contribution in [1.29, 1.82) is 0 Å². The van der Waals surface area contributed by atoms with Crippen LogP contribution in [0.1, 0.15) is 5.56 Å². The van der Waals surface area contributed by atoms with E-state index in [0.29, 0.717) is 26.4 Å². The van der Waals surface area contributed by atoms with Crippen LogP contribution in [0.4, 0.5) is 0 Å². The molecule has 0 heterocycles. The molecule has 0 saturated carbocycles. The lowest BCUT2D eigenvalue weighted by molar-refractivity contribution is 0.0736. The van der Waals surface area contributed by atoms with Gasteiger partial charge in [0.15, 0.2) is 0 Å². The Morgan fingerprint density at radius 1 is 1.26 bits per heavy atom. The Morgan fingerprint density at radius 2 is 2.05 bits per heavy atom. The zero-order valence-electron chi connectivity index (χ0n) is 11.0. The van der Waals surface area contributed by atoms with Gasteiger partial charge in [0.2, 0.25) is 10.0 Å². The molecule has 6 nitrogen and oxygen atoms in total. The molecule has 0 atom stereocenters. The van der Waals surface area contributed by atoms with E-state index in [4.69, 9.17) is 15.2 Å². The molecule has 0 saturated heterocycles. The fourth-order valence-electron chi connectivity index (χ4n) is 1.42. The van der Waals surface area contributed by atoms with Crippen LogP contribution in [0.2, 0.25) is 0 Å². The van der Waals surface area contributed by atoms with E-state index in [0.717, 1.165) is 5.56 Å². The number of methoxy groups -OCH3 is 1. The number of sulfonamides is 1. The first-order valence-corrected chi connectivity index (χ1v) is 7.44. The van der Waals surface area contributed by atoms with Gasteiger partial charge in [-0.2, -0.15) is 0 Å². The molecule has 19 heavy (non-hydrogen) atoms. The van der Waals surface area contributed by atoms with E-state index in [1.165, 1.54) is 6.07 Å². The van der Waals surface area contributed by atoms with Crippen molar-refractivity contribution in [3.63, 3.8) is 0 Å². The van der Waals surface area contributed by atoms with Crippen molar-refractivity contribution in [3.8, 4) is 0 Å². The molecule has 108 valence electrons. The average Bonchev–Trinajstić information content (AvgIpc) is 2.43. The molecule has 1 aromatic carbocycles. The Hall–Kier alpha value is -0.990. The molecule has 0 bridgehead atoms. The second-order valence-electron chi connectivity index (χ2n) is 3.85. The topological polar surface area (TPSA) is 90.6 Å². The van der Waals surface area contributed by atoms with Crippen LogP contribution in [0.15, 0.2) is 29.2 Å². The largest absolute Gasteiger partial charge is 0.382 e. The highest BCUT2D eigenvalue weighted by atomic mass is 32.2. The minimum Gasteiger partial charge on any atom is -0.382 e. The summed E-state index contributed by atoms with van der Waals surface area (Å²) in [6, 6.07) is 6.56. The monoisotopic (exact) mass is 288 g/mol. The number of rotatable bonds is 9. The minimum atomic E-state index is -3.50. The Labute approximate surface area is 113 Å². The number of nitrogens with two attached hydrogens (primary N) is 1. The predicted molar refractivity (Wildman–Crippen MR) is 72.2 cm³/mol. The van der Waals surface area contributed by atoms with Crippen molar-refractivity contribution < 1.29 is 17.9 Å². The molecule has 0 radical (unpaired) electrons. The summed E-state index contributed by atoms with van der Waals surface area (Å²) in [5.74, 6) is 0. The van der Waals surface area contributed by atoms with E-state index in [2.05, 4.69) is 4.72 Å². The van der Waals surface area contributed by atoms with Crippen LogP contribution in [0.25, 0.3) is 0 Å². The summed E-state index contributed by atoms with van der Waals surface area (Å²) in [5, 5.41) is 0. The van der Waals surface area contributed by atoms with Crippen LogP contribution in [0, 0.1) is 0 Å². The molecule has 0 fully saturated rings. The van der Waals surface area contributed by atoms with Crippen molar-refractivity contribution in [2.45, 2.75) is 11.4 Å². The van der Waals surface area contributed by atoms with Crippen molar-refractivity contribution in [1.82, 2.24) is 4.72 Å². The second kappa shape index (κ2) is 8.23. The third-order valence-electron chi connectivity index (χ3n) is 2.41. The van der Waals surface area contributed by atoms with Crippen LogP contribution < -0.4 is 10.5 Å². The maximum atomic E-state index is 12.0. The first kappa shape index (κ1) is 16.1. The lowest BCUT2D eigenvalue weighted by atomic mass is 10.2. The SMILES string of the molecule is COCCOCCNS(=O)(=O)c1cccc(CN)c1. The van der Waals surface area contributed by atoms with Crippen molar-refractivity contribution >= 4 is 10.0 Å². The lowest BCUT2D eigenvalue weighted by Gasteiger charge is -2.08. The first-order valence-electron chi connectivity index (χ1n) is 5.95. The lowest BCUT2D eigenvalue weighted by Crippen LogP contribution is -2.28. The number of benzene rings is 1. The Morgan fingerprint density at radius 3 is 2.74 bits per heavy atom. The van der Waals surface area contributed by atoms with E-state index in [1.54, 1.807) is 25.3 Å². The summed E-state index contributed by atoms with van der Waals surface area (Å²) in [7, 11) is -1.92. The maximum Gasteiger partial charge on any atom is 0.240 e. The van der Waals surface area contributed by atoms with E-state index in [1.807, 2.05) is 0 Å². The maximum absolute atomic E-state index is 12.0. The number of hydrogen-bond acceptors (Lipinski definition) is 5. The number of hydrogen-bond donors (Lipinski definition) is 2. The van der Waals surface area contributed by atoms with E-state index in [-0.39, 0.29) is 11.4 Å². The molecular weight excluding hydrogens is 268 g/mol. The molecule has 0 amide bonds. The fourth-order valence-corrected chi connectivity index (χ4v) is 2.50. The molecule has 1 aromatic rings. The van der Waals surface area contributed by atoms with Gasteiger partial charge in [0, 0.05) is 20.2 Å². The van der Waals surface area contributed by atoms with Crippen LogP contribution >= 0.6 is 0 Å². The first-order chi connectivity index (χ1) is 9.10. The summed E-state index contributed by atoms with van der Waals surface area (Å²) >= 11 is 0. The standard InChI is InChI=1S/C12H20N2O4S/c1-17-7-8-18-6-5-14-19(15,16)12-4-2-3-11(9-12)10-13/h2-4,9,14H,5-8,10,13H2,1H3. The molecule has 0 aliphatic rings. The summed E-state index contributed by atoms with van der Waals surface area (Å²) < 4.78 is 36.4. The predicted octanol–water partition coefficient (Wildman–Crippen LogP) is 0.0866. The summed E-state index contributed by atoms with van der Waals surface area (Å²) in [5.41, 5.74) is 6.26. The van der Waals surface area contributed by atoms with E-state index in [9.17, 15) is 8.42 Å². The highest BCUT2D eigenvalue weighted by Crippen LogP contribution is 2.10. The molecule has 0 aromatic heterocycles. The van der Waals surface area contributed by atoms with Crippen molar-refractivity contribution in [3.05, 3.63) is 29.8 Å². The van der Waals surface area contributed by atoms with Gasteiger partial charge in [-0.1, -0.05) is 12.1 Å². The van der Waals surface area contributed by atoms with Crippen LogP contribution in [-0.2, 0) is 26.0 Å². The summed E-state index contributed by atoms with van der Waals surface area (Å²) in [6.07, 6.45) is 0. The quantitative estimate of drug-likeness (QED) is 0.628. The molecule has 0 spiro atoms. The number of nitrogens with one attached hydrogen (secondary N) is 1. The average molecular weight is 288 g/mol. The zero-order chi connectivity index (χ0) is 14.1. The van der Waals surface area contributed by atoms with E-state index < -0.39 is 10.0 Å². The van der Waals surface area contributed by atoms with Crippen LogP contribution in [0.3, 0.4) is 0 Å². The van der Waals surface area contributed by atoms with Gasteiger partial charge in [0.25, 0.3) is 0 Å². The zero-order valence-corrected chi connectivity index (χ0v) is 11.8. The smallest absolute Gasteiger partial charge is 0.240 e. The van der Waals surface area contributed by atoms with Gasteiger partial charge in [0.05, 0.1) is 24.7 Å². The van der Waals surface area contributed by atoms with Gasteiger partial charge < -0.3 is 15.2 Å². The van der Waals surface area contributed by atoms with Crippen molar-refractivity contribution in [2.24, 2.45) is 5.73 Å². The summed E-state index contributed by atoms with van der Waals surface area (Å²) in [6.45, 7) is 1.77. The Bertz CT molecular complexity index is 476. The van der Waals surface area contributed by atoms with Gasteiger partial charge in [-0.25, -0.2) is 13.1 Å². The molecule has 3 N–H and O–H groups in total. The minimum absolute atomic E-state index is 0.215.